The second-order valence-corrected chi connectivity index (χ2v) is 7.99. The van der Waals surface area contributed by atoms with Crippen LogP contribution in [-0.4, -0.2) is 63.1 Å². The zero-order valence-electron chi connectivity index (χ0n) is 17.1. The minimum absolute atomic E-state index is 0.142. The smallest absolute Gasteiger partial charge is 0.315 e. The van der Waals surface area contributed by atoms with Crippen LogP contribution in [0.2, 0.25) is 0 Å². The largest absolute Gasteiger partial charge is 0.373 e. The molecule has 0 bridgehead atoms. The predicted octanol–water partition coefficient (Wildman–Crippen LogP) is 1.95. The SMILES string of the molecule is CC1CN(C(C)(C)CNC(=O)NCc2ccc(-n3cccn3)nc2)CC(C)O1. The lowest BCUT2D eigenvalue weighted by atomic mass is 10.00. The van der Waals surface area contributed by atoms with Gasteiger partial charge in [0.1, 0.15) is 0 Å². The van der Waals surface area contributed by atoms with Crippen LogP contribution in [0.25, 0.3) is 5.82 Å². The lowest BCUT2D eigenvalue weighted by Gasteiger charge is -2.45. The van der Waals surface area contributed by atoms with Crippen molar-refractivity contribution in [2.45, 2.75) is 52.0 Å². The van der Waals surface area contributed by atoms with Gasteiger partial charge in [-0.15, -0.1) is 0 Å². The van der Waals surface area contributed by atoms with Gasteiger partial charge in [-0.25, -0.2) is 14.5 Å². The summed E-state index contributed by atoms with van der Waals surface area (Å²) < 4.78 is 7.50. The summed E-state index contributed by atoms with van der Waals surface area (Å²) in [5.74, 6) is 0.744. The molecular weight excluding hydrogens is 356 g/mol. The van der Waals surface area contributed by atoms with Crippen molar-refractivity contribution in [3.05, 3.63) is 42.4 Å². The molecule has 1 fully saturated rings. The normalized spacial score (nSPS) is 20.7. The van der Waals surface area contributed by atoms with E-state index in [-0.39, 0.29) is 23.8 Å². The van der Waals surface area contributed by atoms with E-state index in [0.717, 1.165) is 24.5 Å². The van der Waals surface area contributed by atoms with Crippen LogP contribution in [0.3, 0.4) is 0 Å². The van der Waals surface area contributed by atoms with E-state index in [4.69, 9.17) is 4.74 Å². The molecule has 0 aromatic carbocycles. The monoisotopic (exact) mass is 386 g/mol. The van der Waals surface area contributed by atoms with E-state index in [1.165, 1.54) is 0 Å². The van der Waals surface area contributed by atoms with Gasteiger partial charge in [0, 0.05) is 50.3 Å². The number of hydrogen-bond acceptors (Lipinski definition) is 5. The molecule has 1 aliphatic heterocycles. The number of pyridine rings is 1. The van der Waals surface area contributed by atoms with Gasteiger partial charge in [0.2, 0.25) is 0 Å². The first kappa shape index (κ1) is 20.3. The third-order valence-electron chi connectivity index (χ3n) is 4.96. The first-order valence-corrected chi connectivity index (χ1v) is 9.70. The molecular formula is C20H30N6O2. The van der Waals surface area contributed by atoms with Crippen LogP contribution >= 0.6 is 0 Å². The van der Waals surface area contributed by atoms with Gasteiger partial charge in [-0.1, -0.05) is 6.07 Å². The first-order valence-electron chi connectivity index (χ1n) is 9.70. The van der Waals surface area contributed by atoms with Gasteiger partial charge >= 0.3 is 6.03 Å². The van der Waals surface area contributed by atoms with Gasteiger partial charge in [-0.2, -0.15) is 5.10 Å². The van der Waals surface area contributed by atoms with Crippen LogP contribution in [0.15, 0.2) is 36.8 Å². The highest BCUT2D eigenvalue weighted by atomic mass is 16.5. The third kappa shape index (κ3) is 5.30. The van der Waals surface area contributed by atoms with Crippen molar-refractivity contribution in [1.82, 2.24) is 30.3 Å². The molecule has 0 spiro atoms. The molecule has 2 aromatic heterocycles. The number of carbonyl (C=O) groups is 1. The van der Waals surface area contributed by atoms with Crippen LogP contribution in [0.5, 0.6) is 0 Å². The van der Waals surface area contributed by atoms with E-state index in [2.05, 4.69) is 53.3 Å². The molecule has 1 aliphatic rings. The number of morpholine rings is 1. The Bertz CT molecular complexity index is 750. The minimum atomic E-state index is -0.182. The molecule has 28 heavy (non-hydrogen) atoms. The molecule has 2 atom stereocenters. The number of rotatable bonds is 6. The summed E-state index contributed by atoms with van der Waals surface area (Å²) >= 11 is 0. The fourth-order valence-corrected chi connectivity index (χ4v) is 3.39. The summed E-state index contributed by atoms with van der Waals surface area (Å²) in [6.07, 6.45) is 5.70. The summed E-state index contributed by atoms with van der Waals surface area (Å²) in [5.41, 5.74) is 0.789. The van der Waals surface area contributed by atoms with E-state index >= 15 is 0 Å². The molecule has 0 radical (unpaired) electrons. The van der Waals surface area contributed by atoms with Crippen molar-refractivity contribution < 1.29 is 9.53 Å². The Labute approximate surface area is 166 Å². The van der Waals surface area contributed by atoms with Gasteiger partial charge in [0.05, 0.1) is 12.2 Å². The van der Waals surface area contributed by atoms with E-state index in [9.17, 15) is 4.79 Å². The number of hydrogen-bond donors (Lipinski definition) is 2. The maximum atomic E-state index is 12.2. The summed E-state index contributed by atoms with van der Waals surface area (Å²) in [4.78, 5) is 19.0. The molecule has 1 saturated heterocycles. The molecule has 2 unspecified atom stereocenters. The highest BCUT2D eigenvalue weighted by molar-refractivity contribution is 5.73. The third-order valence-corrected chi connectivity index (χ3v) is 4.96. The van der Waals surface area contributed by atoms with Crippen LogP contribution < -0.4 is 10.6 Å². The van der Waals surface area contributed by atoms with Crippen LogP contribution in [0.1, 0.15) is 33.3 Å². The van der Waals surface area contributed by atoms with Gasteiger partial charge in [0.15, 0.2) is 5.82 Å². The fourth-order valence-electron chi connectivity index (χ4n) is 3.39. The topological polar surface area (TPSA) is 84.3 Å². The second-order valence-electron chi connectivity index (χ2n) is 7.99. The van der Waals surface area contributed by atoms with E-state index in [1.54, 1.807) is 17.1 Å². The Hall–Kier alpha value is -2.45. The molecule has 3 heterocycles. The molecule has 8 nitrogen and oxygen atoms in total. The molecule has 0 aliphatic carbocycles. The molecule has 0 saturated carbocycles. The Morgan fingerprint density at radius 2 is 2.00 bits per heavy atom. The number of aromatic nitrogens is 3. The molecule has 3 rings (SSSR count). The van der Waals surface area contributed by atoms with Gasteiger partial charge in [-0.05, 0) is 45.4 Å². The quantitative estimate of drug-likeness (QED) is 0.793. The maximum absolute atomic E-state index is 12.2. The van der Waals surface area contributed by atoms with Crippen molar-refractivity contribution in [3.63, 3.8) is 0 Å². The summed E-state index contributed by atoms with van der Waals surface area (Å²) in [7, 11) is 0. The van der Waals surface area contributed by atoms with Crippen molar-refractivity contribution in [1.29, 1.82) is 0 Å². The number of urea groups is 1. The lowest BCUT2D eigenvalue weighted by Crippen LogP contribution is -2.59. The van der Waals surface area contributed by atoms with Gasteiger partial charge in [0.25, 0.3) is 0 Å². The van der Waals surface area contributed by atoms with Gasteiger partial charge in [-0.3, -0.25) is 4.90 Å². The molecule has 152 valence electrons. The highest BCUT2D eigenvalue weighted by Gasteiger charge is 2.33. The number of nitrogens with one attached hydrogen (secondary N) is 2. The van der Waals surface area contributed by atoms with Crippen LogP contribution in [-0.2, 0) is 11.3 Å². The Kier molecular flexibility index (Phi) is 6.31. The maximum Gasteiger partial charge on any atom is 0.315 e. The van der Waals surface area contributed by atoms with E-state index in [1.807, 2.05) is 24.4 Å². The zero-order chi connectivity index (χ0) is 20.1. The van der Waals surface area contributed by atoms with Crippen molar-refractivity contribution in [2.24, 2.45) is 0 Å². The van der Waals surface area contributed by atoms with Gasteiger partial charge < -0.3 is 15.4 Å². The van der Waals surface area contributed by atoms with Crippen molar-refractivity contribution in [2.75, 3.05) is 19.6 Å². The average Bonchev–Trinajstić information content (AvgIpc) is 3.19. The summed E-state index contributed by atoms with van der Waals surface area (Å²) in [5, 5.41) is 10.0. The lowest BCUT2D eigenvalue weighted by molar-refractivity contribution is -0.0947. The standard InChI is InChI=1S/C20H30N6O2/c1-15-12-25(13-16(2)28-15)20(3,4)14-23-19(27)22-11-17-6-7-18(21-10-17)26-9-5-8-24-26/h5-10,15-16H,11-14H2,1-4H3,(H2,22,23,27). The second kappa shape index (κ2) is 8.70. The number of nitrogens with zero attached hydrogens (tertiary/aromatic N) is 4. The summed E-state index contributed by atoms with van der Waals surface area (Å²) in [6, 6.07) is 5.48. The Balaban J connectivity index is 1.45. The van der Waals surface area contributed by atoms with Crippen LogP contribution in [0.4, 0.5) is 4.79 Å². The summed E-state index contributed by atoms with van der Waals surface area (Å²) in [6.45, 7) is 11.2. The minimum Gasteiger partial charge on any atom is -0.373 e. The van der Waals surface area contributed by atoms with Crippen molar-refractivity contribution in [3.8, 4) is 5.82 Å². The number of ether oxygens (including phenoxy) is 1. The molecule has 2 N–H and O–H groups in total. The zero-order valence-corrected chi connectivity index (χ0v) is 17.1. The van der Waals surface area contributed by atoms with Crippen LogP contribution in [0, 0.1) is 0 Å². The van der Waals surface area contributed by atoms with E-state index in [0.29, 0.717) is 13.1 Å². The average molecular weight is 387 g/mol. The fraction of sp³-hybridized carbons (Fsp3) is 0.550. The molecule has 2 amide bonds. The molecule has 2 aromatic rings. The Morgan fingerprint density at radius 1 is 1.25 bits per heavy atom. The predicted molar refractivity (Wildman–Crippen MR) is 107 cm³/mol. The first-order chi connectivity index (χ1) is 13.3. The number of carbonyl (C=O) groups excluding carboxylic acids is 1. The Morgan fingerprint density at radius 3 is 2.61 bits per heavy atom. The number of amides is 2. The highest BCUT2D eigenvalue weighted by Crippen LogP contribution is 2.20. The molecule has 8 heteroatoms. The van der Waals surface area contributed by atoms with Crippen molar-refractivity contribution >= 4 is 6.03 Å². The van der Waals surface area contributed by atoms with E-state index < -0.39 is 0 Å².